The summed E-state index contributed by atoms with van der Waals surface area (Å²) in [5.74, 6) is 0.293. The van der Waals surface area contributed by atoms with Crippen molar-refractivity contribution in [3.63, 3.8) is 0 Å². The van der Waals surface area contributed by atoms with Crippen LogP contribution in [0.4, 0.5) is 13.2 Å². The van der Waals surface area contributed by atoms with Crippen LogP contribution >= 0.6 is 9.24 Å². The van der Waals surface area contributed by atoms with E-state index < -0.39 is 11.7 Å². The van der Waals surface area contributed by atoms with Gasteiger partial charge in [0.2, 0.25) is 5.90 Å². The minimum atomic E-state index is -4.37. The number of benzene rings is 1. The Kier molecular flexibility index (Phi) is 3.85. The first kappa shape index (κ1) is 15.3. The fourth-order valence-electron chi connectivity index (χ4n) is 1.88. The molecule has 1 heterocycles. The third kappa shape index (κ3) is 3.14. The van der Waals surface area contributed by atoms with Crippen molar-refractivity contribution in [3.8, 4) is 0 Å². The average Bonchev–Trinajstić information content (AvgIpc) is 2.76. The number of ether oxygens (including phenoxy) is 1. The molecule has 20 heavy (non-hydrogen) atoms. The van der Waals surface area contributed by atoms with E-state index in [1.165, 1.54) is 6.07 Å². The molecular weight excluding hydrogens is 286 g/mol. The lowest BCUT2D eigenvalue weighted by Crippen LogP contribution is -2.25. The Morgan fingerprint density at radius 3 is 2.40 bits per heavy atom. The zero-order chi connectivity index (χ0) is 15.1. The summed E-state index contributed by atoms with van der Waals surface area (Å²) in [7, 11) is 2.42. The predicted octanol–water partition coefficient (Wildman–Crippen LogP) is 3.40. The second-order valence-corrected chi connectivity index (χ2v) is 6.55. The van der Waals surface area contributed by atoms with Gasteiger partial charge < -0.3 is 4.74 Å². The van der Waals surface area contributed by atoms with Crippen molar-refractivity contribution in [2.24, 2.45) is 10.4 Å². The van der Waals surface area contributed by atoms with E-state index in [0.717, 1.165) is 12.1 Å². The van der Waals surface area contributed by atoms with Crippen LogP contribution in [0, 0.1) is 5.41 Å². The molecule has 1 aliphatic rings. The molecule has 1 aromatic rings. The van der Waals surface area contributed by atoms with Gasteiger partial charge in [0.25, 0.3) is 0 Å². The Hall–Kier alpha value is -1.09. The van der Waals surface area contributed by atoms with Crippen LogP contribution in [0.15, 0.2) is 23.2 Å². The molecule has 2 atom stereocenters. The summed E-state index contributed by atoms with van der Waals surface area (Å²) >= 11 is 0. The first-order valence-electron chi connectivity index (χ1n) is 6.27. The van der Waals surface area contributed by atoms with Gasteiger partial charge in [-0.3, -0.25) is 0 Å². The van der Waals surface area contributed by atoms with Crippen LogP contribution in [0.5, 0.6) is 0 Å². The highest BCUT2D eigenvalue weighted by Gasteiger charge is 2.34. The molecule has 0 N–H and O–H groups in total. The van der Waals surface area contributed by atoms with E-state index in [2.05, 4.69) is 14.2 Å². The molecule has 0 amide bonds. The van der Waals surface area contributed by atoms with Crippen molar-refractivity contribution in [2.75, 3.05) is 6.61 Å². The SMILES string of the molecule is CC(C)(C)[C@H]1COC(c2cc(C(F)(F)F)ccc2P)=N1. The highest BCUT2D eigenvalue weighted by molar-refractivity contribution is 7.27. The van der Waals surface area contributed by atoms with Gasteiger partial charge in [-0.2, -0.15) is 13.2 Å². The smallest absolute Gasteiger partial charge is 0.416 e. The van der Waals surface area contributed by atoms with Crippen LogP contribution in [0.2, 0.25) is 0 Å². The third-order valence-corrected chi connectivity index (χ3v) is 3.77. The summed E-state index contributed by atoms with van der Waals surface area (Å²) in [4.78, 5) is 4.43. The number of halogens is 3. The maximum Gasteiger partial charge on any atom is 0.416 e. The Morgan fingerprint density at radius 1 is 1.25 bits per heavy atom. The summed E-state index contributed by atoms with van der Waals surface area (Å²) in [6.07, 6.45) is -4.37. The molecule has 0 aromatic heterocycles. The first-order chi connectivity index (χ1) is 9.09. The lowest BCUT2D eigenvalue weighted by Gasteiger charge is -2.21. The van der Waals surface area contributed by atoms with Gasteiger partial charge in [0.1, 0.15) is 6.61 Å². The predicted molar refractivity (Wildman–Crippen MR) is 76.5 cm³/mol. The van der Waals surface area contributed by atoms with E-state index >= 15 is 0 Å². The van der Waals surface area contributed by atoms with Crippen molar-refractivity contribution in [1.82, 2.24) is 0 Å². The molecule has 1 aliphatic heterocycles. The summed E-state index contributed by atoms with van der Waals surface area (Å²) in [5.41, 5.74) is -0.384. The van der Waals surface area contributed by atoms with Crippen LogP contribution < -0.4 is 5.30 Å². The zero-order valence-electron chi connectivity index (χ0n) is 11.6. The molecule has 0 saturated carbocycles. The average molecular weight is 303 g/mol. The van der Waals surface area contributed by atoms with Crippen molar-refractivity contribution >= 4 is 20.4 Å². The molecule has 2 rings (SSSR count). The van der Waals surface area contributed by atoms with Gasteiger partial charge in [0, 0.05) is 5.56 Å². The van der Waals surface area contributed by atoms with Crippen LogP contribution in [0.1, 0.15) is 31.9 Å². The lowest BCUT2D eigenvalue weighted by molar-refractivity contribution is -0.137. The summed E-state index contributed by atoms with van der Waals surface area (Å²) in [6, 6.07) is 3.52. The fourth-order valence-corrected chi connectivity index (χ4v) is 2.19. The van der Waals surface area contributed by atoms with Crippen molar-refractivity contribution in [3.05, 3.63) is 29.3 Å². The highest BCUT2D eigenvalue weighted by Crippen LogP contribution is 2.31. The van der Waals surface area contributed by atoms with Crippen molar-refractivity contribution in [1.29, 1.82) is 0 Å². The molecule has 0 radical (unpaired) electrons. The Bertz CT molecular complexity index is 546. The van der Waals surface area contributed by atoms with Crippen LogP contribution in [-0.2, 0) is 10.9 Å². The van der Waals surface area contributed by atoms with E-state index in [-0.39, 0.29) is 11.5 Å². The normalized spacial score (nSPS) is 19.8. The van der Waals surface area contributed by atoms with Gasteiger partial charge in [-0.15, -0.1) is 9.24 Å². The summed E-state index contributed by atoms with van der Waals surface area (Å²) in [6.45, 7) is 6.49. The van der Waals surface area contributed by atoms with E-state index in [0.29, 0.717) is 23.4 Å². The third-order valence-electron chi connectivity index (χ3n) is 3.26. The molecule has 0 spiro atoms. The number of alkyl halides is 3. The molecule has 1 unspecified atom stereocenters. The molecule has 0 aliphatic carbocycles. The first-order valence-corrected chi connectivity index (χ1v) is 6.84. The summed E-state index contributed by atoms with van der Waals surface area (Å²) < 4.78 is 43.8. The van der Waals surface area contributed by atoms with E-state index in [4.69, 9.17) is 4.74 Å². The van der Waals surface area contributed by atoms with Gasteiger partial charge in [0.15, 0.2) is 0 Å². The number of nitrogens with zero attached hydrogens (tertiary/aromatic N) is 1. The van der Waals surface area contributed by atoms with Gasteiger partial charge in [0.05, 0.1) is 11.6 Å². The zero-order valence-corrected chi connectivity index (χ0v) is 12.7. The molecule has 2 nitrogen and oxygen atoms in total. The van der Waals surface area contributed by atoms with E-state index in [9.17, 15) is 13.2 Å². The maximum absolute atomic E-state index is 12.8. The van der Waals surface area contributed by atoms with Gasteiger partial charge >= 0.3 is 6.18 Å². The number of hydrogen-bond acceptors (Lipinski definition) is 2. The van der Waals surface area contributed by atoms with E-state index in [1.54, 1.807) is 0 Å². The fraction of sp³-hybridized carbons (Fsp3) is 0.500. The highest BCUT2D eigenvalue weighted by atomic mass is 31.0. The van der Waals surface area contributed by atoms with Crippen molar-refractivity contribution in [2.45, 2.75) is 33.0 Å². The molecule has 0 saturated heterocycles. The number of rotatable bonds is 1. The monoisotopic (exact) mass is 303 g/mol. The Balaban J connectivity index is 2.39. The van der Waals surface area contributed by atoms with Crippen molar-refractivity contribution < 1.29 is 17.9 Å². The quantitative estimate of drug-likeness (QED) is 0.729. The largest absolute Gasteiger partial charge is 0.475 e. The molecule has 1 aromatic carbocycles. The van der Waals surface area contributed by atoms with Gasteiger partial charge in [-0.25, -0.2) is 4.99 Å². The molecular formula is C14H17F3NOP. The minimum absolute atomic E-state index is 0.0450. The molecule has 6 heteroatoms. The summed E-state index contributed by atoms with van der Waals surface area (Å²) in [5, 5.41) is 0.645. The molecule has 0 bridgehead atoms. The second-order valence-electron chi connectivity index (χ2n) is 5.93. The number of aliphatic imine (C=N–C) groups is 1. The van der Waals surface area contributed by atoms with Gasteiger partial charge in [-0.05, 0) is 22.9 Å². The van der Waals surface area contributed by atoms with Crippen LogP contribution in [0.25, 0.3) is 0 Å². The Labute approximate surface area is 118 Å². The minimum Gasteiger partial charge on any atom is -0.475 e. The number of hydrogen-bond donors (Lipinski definition) is 0. The lowest BCUT2D eigenvalue weighted by atomic mass is 9.88. The maximum atomic E-state index is 12.8. The standard InChI is InChI=1S/C14H17F3NOP/c1-13(2,3)11-7-19-12(18-11)9-6-8(14(15,16)17)4-5-10(9)20/h4-6,11H,7,20H2,1-3H3/t11-/m1/s1. The molecule has 110 valence electrons. The van der Waals surface area contributed by atoms with E-state index in [1.807, 2.05) is 20.8 Å². The van der Waals surface area contributed by atoms with Crippen LogP contribution in [0.3, 0.4) is 0 Å². The van der Waals surface area contributed by atoms with Gasteiger partial charge in [-0.1, -0.05) is 26.8 Å². The Morgan fingerprint density at radius 2 is 1.90 bits per heavy atom. The second kappa shape index (κ2) is 5.03. The molecule has 0 fully saturated rings. The topological polar surface area (TPSA) is 21.6 Å². The van der Waals surface area contributed by atoms with Crippen LogP contribution in [-0.4, -0.2) is 18.5 Å².